The van der Waals surface area contributed by atoms with Gasteiger partial charge in [0.2, 0.25) is 0 Å². The highest BCUT2D eigenvalue weighted by atomic mass is 14.9. The molecule has 19 heavy (non-hydrogen) atoms. The van der Waals surface area contributed by atoms with Crippen LogP contribution in [-0.4, -0.2) is 24.2 Å². The van der Waals surface area contributed by atoms with Gasteiger partial charge in [-0.15, -0.1) is 0 Å². The minimum Gasteiger partial charge on any atom is -0.326 e. The van der Waals surface area contributed by atoms with E-state index in [1.807, 2.05) is 0 Å². The average Bonchev–Trinajstić information content (AvgIpc) is 1.90. The molecule has 5 N–H and O–H groups in total. The van der Waals surface area contributed by atoms with Crippen molar-refractivity contribution >= 4 is 0 Å². The van der Waals surface area contributed by atoms with Gasteiger partial charge in [0, 0.05) is 24.2 Å². The fourth-order valence-electron chi connectivity index (χ4n) is 3.33. The first-order valence-corrected chi connectivity index (χ1v) is 7.41. The van der Waals surface area contributed by atoms with Crippen LogP contribution in [0.25, 0.3) is 0 Å². The molecule has 0 spiro atoms. The van der Waals surface area contributed by atoms with Crippen LogP contribution in [0, 0.1) is 10.8 Å². The fourth-order valence-corrected chi connectivity index (χ4v) is 3.33. The van der Waals surface area contributed by atoms with Crippen molar-refractivity contribution < 1.29 is 0 Å². The lowest BCUT2D eigenvalue weighted by Crippen LogP contribution is -2.45. The molecule has 0 radical (unpaired) electrons. The van der Waals surface area contributed by atoms with Crippen molar-refractivity contribution in [1.29, 1.82) is 0 Å². The smallest absolute Gasteiger partial charge is 0.0103 e. The highest BCUT2D eigenvalue weighted by Crippen LogP contribution is 2.28. The molecule has 0 unspecified atom stereocenters. The Kier molecular flexibility index (Phi) is 6.07. The summed E-state index contributed by atoms with van der Waals surface area (Å²) in [6, 6.07) is 0. The molecule has 0 saturated carbocycles. The third kappa shape index (κ3) is 11.4. The Morgan fingerprint density at radius 3 is 1.11 bits per heavy atom. The van der Waals surface area contributed by atoms with Gasteiger partial charge >= 0.3 is 0 Å². The Morgan fingerprint density at radius 2 is 0.895 bits per heavy atom. The van der Waals surface area contributed by atoms with E-state index < -0.39 is 0 Å². The van der Waals surface area contributed by atoms with Crippen molar-refractivity contribution in [2.45, 2.75) is 79.3 Å². The van der Waals surface area contributed by atoms with Gasteiger partial charge in [-0.3, -0.25) is 0 Å². The highest BCUT2D eigenvalue weighted by Gasteiger charge is 2.28. The molecular weight excluding hydrogens is 234 g/mol. The van der Waals surface area contributed by atoms with Gasteiger partial charge in [0.1, 0.15) is 0 Å². The molecule has 0 aliphatic rings. The third-order valence-electron chi connectivity index (χ3n) is 3.08. The van der Waals surface area contributed by atoms with Gasteiger partial charge in [-0.1, -0.05) is 27.7 Å². The van der Waals surface area contributed by atoms with E-state index in [4.69, 9.17) is 11.5 Å². The molecule has 3 heteroatoms. The highest BCUT2D eigenvalue weighted by molar-refractivity contribution is 4.86. The Hall–Kier alpha value is -0.120. The van der Waals surface area contributed by atoms with Crippen LogP contribution in [0.3, 0.4) is 0 Å². The van der Waals surface area contributed by atoms with E-state index in [9.17, 15) is 0 Å². The van der Waals surface area contributed by atoms with Crippen LogP contribution in [0.5, 0.6) is 0 Å². The van der Waals surface area contributed by atoms with Crippen LogP contribution in [0.4, 0.5) is 0 Å². The second kappa shape index (κ2) is 6.11. The average molecular weight is 271 g/mol. The van der Waals surface area contributed by atoms with Crippen LogP contribution in [0.2, 0.25) is 0 Å². The number of rotatable bonds is 8. The molecule has 0 saturated heterocycles. The maximum atomic E-state index is 6.12. The zero-order chi connectivity index (χ0) is 15.5. The Bertz CT molecular complexity index is 239. The lowest BCUT2D eigenvalue weighted by Gasteiger charge is -2.36. The van der Waals surface area contributed by atoms with Crippen LogP contribution >= 0.6 is 0 Å². The zero-order valence-corrected chi connectivity index (χ0v) is 14.5. The number of hydrogen-bond donors (Lipinski definition) is 3. The Balaban J connectivity index is 4.21. The molecule has 0 aromatic heterocycles. The van der Waals surface area contributed by atoms with Crippen molar-refractivity contribution in [3.63, 3.8) is 0 Å². The molecule has 0 bridgehead atoms. The number of nitrogens with one attached hydrogen (secondary N) is 1. The summed E-state index contributed by atoms with van der Waals surface area (Å²) in [5.41, 5.74) is 12.4. The molecule has 0 aliphatic heterocycles. The second-order valence-corrected chi connectivity index (χ2v) is 9.26. The summed E-state index contributed by atoms with van der Waals surface area (Å²) in [7, 11) is 0. The first kappa shape index (κ1) is 18.9. The van der Waals surface area contributed by atoms with Gasteiger partial charge in [-0.05, 0) is 51.4 Å². The molecule has 0 aromatic rings. The van der Waals surface area contributed by atoms with Crippen molar-refractivity contribution in [3.8, 4) is 0 Å². The van der Waals surface area contributed by atoms with Crippen LogP contribution in [0.15, 0.2) is 0 Å². The van der Waals surface area contributed by atoms with Crippen molar-refractivity contribution in [2.75, 3.05) is 13.1 Å². The van der Waals surface area contributed by atoms with Gasteiger partial charge in [0.15, 0.2) is 0 Å². The maximum Gasteiger partial charge on any atom is 0.0103 e. The van der Waals surface area contributed by atoms with Gasteiger partial charge in [-0.25, -0.2) is 0 Å². The first-order chi connectivity index (χ1) is 8.12. The predicted molar refractivity (Wildman–Crippen MR) is 86.2 cm³/mol. The van der Waals surface area contributed by atoms with Gasteiger partial charge in [-0.2, -0.15) is 0 Å². The van der Waals surface area contributed by atoms with E-state index in [0.717, 1.165) is 25.9 Å². The fraction of sp³-hybridized carbons (Fsp3) is 1.00. The van der Waals surface area contributed by atoms with Gasteiger partial charge < -0.3 is 16.8 Å². The largest absolute Gasteiger partial charge is 0.326 e. The van der Waals surface area contributed by atoms with E-state index in [1.54, 1.807) is 0 Å². The van der Waals surface area contributed by atoms with E-state index >= 15 is 0 Å². The summed E-state index contributed by atoms with van der Waals surface area (Å²) >= 11 is 0. The Labute approximate surface area is 120 Å². The third-order valence-corrected chi connectivity index (χ3v) is 3.08. The lowest BCUT2D eigenvalue weighted by molar-refractivity contribution is 0.211. The van der Waals surface area contributed by atoms with Crippen LogP contribution in [0.1, 0.15) is 68.2 Å². The van der Waals surface area contributed by atoms with Crippen molar-refractivity contribution in [1.82, 2.24) is 5.32 Å². The monoisotopic (exact) mass is 271 g/mol. The van der Waals surface area contributed by atoms with E-state index in [0.29, 0.717) is 0 Å². The lowest BCUT2D eigenvalue weighted by atomic mass is 9.78. The van der Waals surface area contributed by atoms with E-state index in [2.05, 4.69) is 60.7 Å². The second-order valence-electron chi connectivity index (χ2n) is 9.26. The molecule has 0 fully saturated rings. The minimum atomic E-state index is -0.111. The quantitative estimate of drug-likeness (QED) is 0.636. The number of hydrogen-bond acceptors (Lipinski definition) is 3. The first-order valence-electron chi connectivity index (χ1n) is 7.41. The van der Waals surface area contributed by atoms with Crippen molar-refractivity contribution in [2.24, 2.45) is 22.3 Å². The van der Waals surface area contributed by atoms with Crippen molar-refractivity contribution in [3.05, 3.63) is 0 Å². The molecule has 0 rings (SSSR count). The summed E-state index contributed by atoms with van der Waals surface area (Å²) in [5, 5.41) is 3.60. The van der Waals surface area contributed by atoms with Crippen LogP contribution in [-0.2, 0) is 0 Å². The summed E-state index contributed by atoms with van der Waals surface area (Å²) in [6.07, 6.45) is 2.02. The Morgan fingerprint density at radius 1 is 0.632 bits per heavy atom. The minimum absolute atomic E-state index is 0.111. The molecule has 116 valence electrons. The molecule has 0 amide bonds. The zero-order valence-electron chi connectivity index (χ0n) is 14.5. The summed E-state index contributed by atoms with van der Waals surface area (Å²) in [4.78, 5) is 0. The van der Waals surface area contributed by atoms with Gasteiger partial charge in [0.25, 0.3) is 0 Å². The van der Waals surface area contributed by atoms with E-state index in [-0.39, 0.29) is 21.9 Å². The number of nitrogens with two attached hydrogens (primary N) is 2. The topological polar surface area (TPSA) is 64.1 Å². The van der Waals surface area contributed by atoms with Crippen LogP contribution < -0.4 is 16.8 Å². The normalized spacial score (nSPS) is 14.8. The summed E-state index contributed by atoms with van der Waals surface area (Å²) in [5.74, 6) is 0. The summed E-state index contributed by atoms with van der Waals surface area (Å²) in [6.45, 7) is 19.4. The molecule has 3 nitrogen and oxygen atoms in total. The molecule has 0 atom stereocenters. The molecular formula is C16H37N3. The molecule has 0 heterocycles. The van der Waals surface area contributed by atoms with E-state index in [1.165, 1.54) is 0 Å². The standard InChI is InChI=1S/C16H37N3/c1-13(2,9-15(5,6)17)11-19-12-14(3,4)10-16(7,8)18/h19H,9-12,17-18H2,1-8H3. The SMILES string of the molecule is CC(C)(N)CC(C)(C)CNCC(C)(C)CC(C)(C)N. The maximum absolute atomic E-state index is 6.12. The van der Waals surface area contributed by atoms with Gasteiger partial charge in [0.05, 0.1) is 0 Å². The summed E-state index contributed by atoms with van der Waals surface area (Å²) < 4.78 is 0. The molecule has 0 aromatic carbocycles. The molecule has 0 aliphatic carbocycles. The predicted octanol–water partition coefficient (Wildman–Crippen LogP) is 2.88.